The first-order valence-corrected chi connectivity index (χ1v) is 6.29. The van der Waals surface area contributed by atoms with Gasteiger partial charge in [0, 0.05) is 31.2 Å². The molecule has 1 rings (SSSR count). The lowest BCUT2D eigenvalue weighted by molar-refractivity contribution is -0.121. The van der Waals surface area contributed by atoms with E-state index in [-0.39, 0.29) is 29.3 Å². The van der Waals surface area contributed by atoms with Crippen molar-refractivity contribution >= 4 is 17.5 Å². The van der Waals surface area contributed by atoms with Gasteiger partial charge in [-0.25, -0.2) is 0 Å². The van der Waals surface area contributed by atoms with E-state index in [4.69, 9.17) is 0 Å². The number of Topliss-reactive ketones (excluding diaryl/α,β-unsaturated/α-hetero) is 1. The fourth-order valence-corrected chi connectivity index (χ4v) is 2.46. The highest BCUT2D eigenvalue weighted by molar-refractivity contribution is 8.00. The maximum absolute atomic E-state index is 11.9. The van der Waals surface area contributed by atoms with Crippen molar-refractivity contribution in [3.05, 3.63) is 0 Å². The summed E-state index contributed by atoms with van der Waals surface area (Å²) >= 11 is 0.0178. The molecule has 0 aromatic heterocycles. The number of hydrogen-bond acceptors (Lipinski definition) is 3. The Balaban J connectivity index is 2.20. The Labute approximate surface area is 97.6 Å². The number of nitrogens with zero attached hydrogens (tertiary/aromatic N) is 1. The molecule has 0 aromatic carbocycles. The van der Waals surface area contributed by atoms with Crippen LogP contribution < -0.4 is 0 Å². The number of ketones is 1. The summed E-state index contributed by atoms with van der Waals surface area (Å²) in [6, 6.07) is 0.270. The summed E-state index contributed by atoms with van der Waals surface area (Å²) < 4.78 is 35.7. The summed E-state index contributed by atoms with van der Waals surface area (Å²) in [6.45, 7) is 0.420. The third-order valence-corrected chi connectivity index (χ3v) is 3.56. The van der Waals surface area contributed by atoms with Crippen molar-refractivity contribution in [2.24, 2.45) is 0 Å². The number of thioether (sulfide) groups is 1. The number of carbonyl (C=O) groups is 1. The molecule has 0 N–H and O–H groups in total. The third-order valence-electron chi connectivity index (χ3n) is 2.85. The van der Waals surface area contributed by atoms with E-state index in [2.05, 4.69) is 0 Å². The molecule has 1 saturated carbocycles. The summed E-state index contributed by atoms with van der Waals surface area (Å²) in [5.41, 5.74) is -4.14. The first-order valence-electron chi connectivity index (χ1n) is 5.31. The maximum atomic E-state index is 11.9. The zero-order valence-electron chi connectivity index (χ0n) is 9.22. The number of hydrogen-bond donors (Lipinski definition) is 0. The molecular formula is C10H16F3NOS. The molecule has 0 atom stereocenters. The second-order valence-electron chi connectivity index (χ2n) is 4.04. The molecule has 1 fully saturated rings. The van der Waals surface area contributed by atoms with Gasteiger partial charge in [0.1, 0.15) is 5.78 Å². The van der Waals surface area contributed by atoms with Crippen LogP contribution in [-0.2, 0) is 4.79 Å². The van der Waals surface area contributed by atoms with Crippen molar-refractivity contribution in [3.63, 3.8) is 0 Å². The summed E-state index contributed by atoms with van der Waals surface area (Å²) in [4.78, 5) is 12.9. The average molecular weight is 255 g/mol. The molecule has 6 heteroatoms. The maximum Gasteiger partial charge on any atom is 0.441 e. The van der Waals surface area contributed by atoms with Crippen molar-refractivity contribution in [1.82, 2.24) is 4.90 Å². The number of carbonyl (C=O) groups excluding carboxylic acids is 1. The second kappa shape index (κ2) is 5.91. The summed E-state index contributed by atoms with van der Waals surface area (Å²) in [7, 11) is 1.83. The highest BCUT2D eigenvalue weighted by Gasteiger charge is 2.28. The lowest BCUT2D eigenvalue weighted by Crippen LogP contribution is -2.36. The third kappa shape index (κ3) is 5.21. The van der Waals surface area contributed by atoms with Gasteiger partial charge >= 0.3 is 5.51 Å². The fourth-order valence-electron chi connectivity index (χ4n) is 1.85. The van der Waals surface area contributed by atoms with E-state index in [0.717, 1.165) is 12.8 Å². The van der Waals surface area contributed by atoms with Crippen LogP contribution in [0.3, 0.4) is 0 Å². The zero-order chi connectivity index (χ0) is 12.2. The van der Waals surface area contributed by atoms with E-state index in [1.807, 2.05) is 11.9 Å². The molecule has 0 aromatic rings. The Morgan fingerprint density at radius 1 is 1.38 bits per heavy atom. The number of halogens is 3. The molecule has 0 heterocycles. The van der Waals surface area contributed by atoms with Crippen LogP contribution in [0.15, 0.2) is 0 Å². The molecule has 0 radical (unpaired) electrons. The molecule has 0 aliphatic heterocycles. The Bertz CT molecular complexity index is 235. The predicted molar refractivity (Wildman–Crippen MR) is 58.4 cm³/mol. The first-order chi connectivity index (χ1) is 7.38. The standard InChI is InChI=1S/C10H16F3NOS/c1-14(6-7-16-10(11,12)13)8-2-4-9(15)5-3-8/h8H,2-7H2,1H3. The lowest BCUT2D eigenvalue weighted by atomic mass is 9.93. The minimum absolute atomic E-state index is 0.0178. The Kier molecular flexibility index (Phi) is 5.11. The summed E-state index contributed by atoms with van der Waals surface area (Å²) in [5.74, 6) is 0.332. The van der Waals surface area contributed by atoms with Crippen molar-refractivity contribution in [3.8, 4) is 0 Å². The van der Waals surface area contributed by atoms with Crippen LogP contribution in [0.1, 0.15) is 25.7 Å². The number of rotatable bonds is 4. The van der Waals surface area contributed by atoms with Gasteiger partial charge in [-0.1, -0.05) is 0 Å². The molecule has 0 bridgehead atoms. The normalized spacial score (nSPS) is 19.4. The molecular weight excluding hydrogens is 239 g/mol. The fraction of sp³-hybridized carbons (Fsp3) is 0.900. The summed E-state index contributed by atoms with van der Waals surface area (Å²) in [6.07, 6.45) is 2.71. The molecule has 0 unspecified atom stereocenters. The van der Waals surface area contributed by atoms with Crippen LogP contribution in [0.25, 0.3) is 0 Å². The van der Waals surface area contributed by atoms with E-state index in [9.17, 15) is 18.0 Å². The van der Waals surface area contributed by atoms with E-state index >= 15 is 0 Å². The molecule has 0 saturated heterocycles. The zero-order valence-corrected chi connectivity index (χ0v) is 10.0. The molecule has 94 valence electrons. The van der Waals surface area contributed by atoms with E-state index in [0.29, 0.717) is 19.4 Å². The largest absolute Gasteiger partial charge is 0.441 e. The van der Waals surface area contributed by atoms with Crippen LogP contribution in [-0.4, -0.2) is 41.6 Å². The monoisotopic (exact) mass is 255 g/mol. The lowest BCUT2D eigenvalue weighted by Gasteiger charge is -2.30. The van der Waals surface area contributed by atoms with Gasteiger partial charge in [0.05, 0.1) is 0 Å². The highest BCUT2D eigenvalue weighted by Crippen LogP contribution is 2.30. The van der Waals surface area contributed by atoms with Gasteiger partial charge in [-0.05, 0) is 31.7 Å². The minimum atomic E-state index is -4.14. The highest BCUT2D eigenvalue weighted by atomic mass is 32.2. The van der Waals surface area contributed by atoms with Gasteiger partial charge in [-0.2, -0.15) is 13.2 Å². The van der Waals surface area contributed by atoms with Gasteiger partial charge in [-0.3, -0.25) is 4.79 Å². The number of alkyl halides is 3. The Hall–Kier alpha value is -0.230. The Morgan fingerprint density at radius 3 is 2.44 bits per heavy atom. The van der Waals surface area contributed by atoms with Crippen molar-refractivity contribution in [2.75, 3.05) is 19.3 Å². The van der Waals surface area contributed by atoms with Gasteiger partial charge in [-0.15, -0.1) is 0 Å². The predicted octanol–water partition coefficient (Wildman–Crippen LogP) is 2.68. The van der Waals surface area contributed by atoms with Gasteiger partial charge < -0.3 is 4.90 Å². The molecule has 0 amide bonds. The smallest absolute Gasteiger partial charge is 0.303 e. The van der Waals surface area contributed by atoms with Crippen LogP contribution in [0.5, 0.6) is 0 Å². The van der Waals surface area contributed by atoms with Crippen LogP contribution in [0, 0.1) is 0 Å². The molecule has 2 nitrogen and oxygen atoms in total. The average Bonchev–Trinajstić information content (AvgIpc) is 2.16. The molecule has 0 spiro atoms. The van der Waals surface area contributed by atoms with Gasteiger partial charge in [0.2, 0.25) is 0 Å². The van der Waals surface area contributed by atoms with Crippen LogP contribution in [0.2, 0.25) is 0 Å². The van der Waals surface area contributed by atoms with Crippen LogP contribution >= 0.6 is 11.8 Å². The van der Waals surface area contributed by atoms with Gasteiger partial charge in [0.25, 0.3) is 0 Å². The van der Waals surface area contributed by atoms with E-state index in [1.165, 1.54) is 0 Å². The molecule has 16 heavy (non-hydrogen) atoms. The molecule has 1 aliphatic rings. The van der Waals surface area contributed by atoms with E-state index < -0.39 is 5.51 Å². The second-order valence-corrected chi connectivity index (χ2v) is 5.20. The SMILES string of the molecule is CN(CCSC(F)(F)F)C1CCC(=O)CC1. The van der Waals surface area contributed by atoms with Crippen molar-refractivity contribution < 1.29 is 18.0 Å². The van der Waals surface area contributed by atoms with E-state index in [1.54, 1.807) is 0 Å². The summed E-state index contributed by atoms with van der Waals surface area (Å²) in [5, 5.41) is 0. The quantitative estimate of drug-likeness (QED) is 0.770. The first kappa shape index (κ1) is 13.8. The van der Waals surface area contributed by atoms with Crippen molar-refractivity contribution in [2.45, 2.75) is 37.2 Å². The van der Waals surface area contributed by atoms with Crippen molar-refractivity contribution in [1.29, 1.82) is 0 Å². The minimum Gasteiger partial charge on any atom is -0.303 e. The van der Waals surface area contributed by atoms with Gasteiger partial charge in [0.15, 0.2) is 0 Å². The molecule has 1 aliphatic carbocycles. The Morgan fingerprint density at radius 2 is 1.94 bits per heavy atom. The van der Waals surface area contributed by atoms with Crippen LogP contribution in [0.4, 0.5) is 13.2 Å². The topological polar surface area (TPSA) is 20.3 Å².